The summed E-state index contributed by atoms with van der Waals surface area (Å²) < 4.78 is 2.85. The van der Waals surface area contributed by atoms with Crippen LogP contribution in [-0.4, -0.2) is 26.4 Å². The van der Waals surface area contributed by atoms with E-state index in [9.17, 15) is 4.79 Å². The van der Waals surface area contributed by atoms with Crippen LogP contribution in [0.15, 0.2) is 53.4 Å². The van der Waals surface area contributed by atoms with Crippen LogP contribution in [-0.2, 0) is 16.6 Å². The molecule has 5 nitrogen and oxygen atoms in total. The average molecular weight is 465 g/mol. The van der Waals surface area contributed by atoms with E-state index in [2.05, 4.69) is 68.4 Å². The van der Waals surface area contributed by atoms with E-state index in [-0.39, 0.29) is 11.3 Å². The molecule has 2 aromatic carbocycles. The van der Waals surface area contributed by atoms with Crippen LogP contribution < -0.4 is 5.32 Å². The zero-order valence-corrected chi connectivity index (χ0v) is 20.7. The molecule has 4 rings (SSSR count). The van der Waals surface area contributed by atoms with Crippen molar-refractivity contribution in [2.45, 2.75) is 51.3 Å². The number of anilines is 1. The van der Waals surface area contributed by atoms with Gasteiger partial charge in [-0.25, -0.2) is 4.98 Å². The highest BCUT2D eigenvalue weighted by Gasteiger charge is 2.18. The standard InChI is InChI=1S/C25H28N4OS2/c1-6-31-19-10-7-17(8-11-19)14-23(30)27-22-13-16(2)28-29(22)24-26-20-12-9-18(25(3,4)5)15-21(20)32-24/h7-13,15H,6,14H2,1-5H3,(H,27,30). The molecule has 0 radical (unpaired) electrons. The Morgan fingerprint density at radius 1 is 1.12 bits per heavy atom. The van der Waals surface area contributed by atoms with Crippen LogP contribution in [0.2, 0.25) is 0 Å². The molecule has 0 aliphatic rings. The summed E-state index contributed by atoms with van der Waals surface area (Å²) in [4.78, 5) is 18.7. The van der Waals surface area contributed by atoms with E-state index < -0.39 is 0 Å². The lowest BCUT2D eigenvalue weighted by atomic mass is 9.87. The van der Waals surface area contributed by atoms with Gasteiger partial charge < -0.3 is 5.32 Å². The van der Waals surface area contributed by atoms with E-state index in [0.717, 1.165) is 32.4 Å². The van der Waals surface area contributed by atoms with Crippen LogP contribution >= 0.6 is 23.1 Å². The number of nitrogens with zero attached hydrogens (tertiary/aromatic N) is 3. The third kappa shape index (κ3) is 5.05. The highest BCUT2D eigenvalue weighted by atomic mass is 32.2. The second-order valence-corrected chi connectivity index (χ2v) is 11.2. The van der Waals surface area contributed by atoms with Gasteiger partial charge in [-0.1, -0.05) is 57.2 Å². The lowest BCUT2D eigenvalue weighted by molar-refractivity contribution is -0.115. The number of aryl methyl sites for hydroxylation is 1. The lowest BCUT2D eigenvalue weighted by Gasteiger charge is -2.18. The third-order valence-corrected chi connectivity index (χ3v) is 7.01. The third-order valence-electron chi connectivity index (χ3n) is 5.12. The van der Waals surface area contributed by atoms with Gasteiger partial charge in [0.1, 0.15) is 5.82 Å². The maximum absolute atomic E-state index is 12.7. The molecule has 0 aliphatic heterocycles. The SMILES string of the molecule is CCSc1ccc(CC(=O)Nc2cc(C)nn2-c2nc3ccc(C(C)(C)C)cc3s2)cc1. The van der Waals surface area contributed by atoms with Gasteiger partial charge in [-0.05, 0) is 53.5 Å². The first-order valence-electron chi connectivity index (χ1n) is 10.7. The Bertz CT molecular complexity index is 1250. The second kappa shape index (κ2) is 9.08. The van der Waals surface area contributed by atoms with E-state index >= 15 is 0 Å². The molecule has 0 fully saturated rings. The maximum atomic E-state index is 12.7. The molecule has 4 aromatic rings. The van der Waals surface area contributed by atoms with Crippen molar-refractivity contribution in [1.29, 1.82) is 0 Å². The Hall–Kier alpha value is -2.64. The van der Waals surface area contributed by atoms with Gasteiger partial charge in [0.2, 0.25) is 11.0 Å². The molecule has 0 aliphatic carbocycles. The first-order chi connectivity index (χ1) is 15.2. The van der Waals surface area contributed by atoms with Crippen LogP contribution in [0.1, 0.15) is 44.5 Å². The Balaban J connectivity index is 1.55. The number of thiazole rings is 1. The van der Waals surface area contributed by atoms with Crippen molar-refractivity contribution in [3.63, 3.8) is 0 Å². The summed E-state index contributed by atoms with van der Waals surface area (Å²) in [5.41, 5.74) is 4.10. The summed E-state index contributed by atoms with van der Waals surface area (Å²) in [5, 5.41) is 8.35. The molecule has 0 saturated heterocycles. The second-order valence-electron chi connectivity index (χ2n) is 8.81. The minimum absolute atomic E-state index is 0.0711. The largest absolute Gasteiger partial charge is 0.310 e. The first-order valence-corrected chi connectivity index (χ1v) is 12.5. The van der Waals surface area contributed by atoms with Crippen LogP contribution in [0.5, 0.6) is 0 Å². The van der Waals surface area contributed by atoms with Gasteiger partial charge in [-0.3, -0.25) is 4.79 Å². The van der Waals surface area contributed by atoms with Crippen molar-refractivity contribution in [3.8, 4) is 5.13 Å². The van der Waals surface area contributed by atoms with Crippen LogP contribution in [0, 0.1) is 6.92 Å². The van der Waals surface area contributed by atoms with Gasteiger partial charge in [-0.15, -0.1) is 11.8 Å². The predicted molar refractivity (Wildman–Crippen MR) is 135 cm³/mol. The average Bonchev–Trinajstić information content (AvgIpc) is 3.31. The van der Waals surface area contributed by atoms with E-state index in [1.165, 1.54) is 10.5 Å². The monoisotopic (exact) mass is 464 g/mol. The van der Waals surface area contributed by atoms with Crippen molar-refractivity contribution in [1.82, 2.24) is 14.8 Å². The van der Waals surface area contributed by atoms with Gasteiger partial charge in [0.05, 0.1) is 22.3 Å². The summed E-state index contributed by atoms with van der Waals surface area (Å²) in [5.74, 6) is 1.60. The van der Waals surface area contributed by atoms with E-state index in [1.807, 2.05) is 25.1 Å². The fraction of sp³-hybridized carbons (Fsp3) is 0.320. The van der Waals surface area contributed by atoms with Gasteiger partial charge in [-0.2, -0.15) is 9.78 Å². The van der Waals surface area contributed by atoms with Gasteiger partial charge >= 0.3 is 0 Å². The molecule has 32 heavy (non-hydrogen) atoms. The molecule has 0 spiro atoms. The summed E-state index contributed by atoms with van der Waals surface area (Å²) >= 11 is 3.37. The van der Waals surface area contributed by atoms with Crippen molar-refractivity contribution < 1.29 is 4.79 Å². The number of benzene rings is 2. The number of carbonyl (C=O) groups is 1. The molecular formula is C25H28N4OS2. The maximum Gasteiger partial charge on any atom is 0.229 e. The van der Waals surface area contributed by atoms with Crippen LogP contribution in [0.3, 0.4) is 0 Å². The Morgan fingerprint density at radius 3 is 2.56 bits per heavy atom. The molecule has 0 bridgehead atoms. The Labute approximate surface area is 197 Å². The Morgan fingerprint density at radius 2 is 1.88 bits per heavy atom. The number of hydrogen-bond donors (Lipinski definition) is 1. The zero-order valence-electron chi connectivity index (χ0n) is 19.1. The summed E-state index contributed by atoms with van der Waals surface area (Å²) in [6, 6.07) is 16.4. The van der Waals surface area contributed by atoms with E-state index in [0.29, 0.717) is 12.2 Å². The number of rotatable bonds is 6. The summed E-state index contributed by atoms with van der Waals surface area (Å²) in [6.07, 6.45) is 0.316. The highest BCUT2D eigenvalue weighted by Crippen LogP contribution is 2.31. The van der Waals surface area contributed by atoms with Crippen LogP contribution in [0.25, 0.3) is 15.3 Å². The zero-order chi connectivity index (χ0) is 22.9. The normalized spacial score (nSPS) is 11.8. The molecule has 166 valence electrons. The number of amides is 1. The topological polar surface area (TPSA) is 59.8 Å². The van der Waals surface area contributed by atoms with Gasteiger partial charge in [0, 0.05) is 11.0 Å². The minimum Gasteiger partial charge on any atom is -0.310 e. The number of thioether (sulfide) groups is 1. The quantitative estimate of drug-likeness (QED) is 0.336. The molecule has 0 unspecified atom stereocenters. The first kappa shape index (κ1) is 22.6. The lowest BCUT2D eigenvalue weighted by Crippen LogP contribution is -2.17. The number of nitrogens with one attached hydrogen (secondary N) is 1. The summed E-state index contributed by atoms with van der Waals surface area (Å²) in [6.45, 7) is 10.7. The predicted octanol–water partition coefficient (Wildman–Crippen LogP) is 6.38. The van der Waals surface area contributed by atoms with Crippen molar-refractivity contribution in [3.05, 3.63) is 65.4 Å². The molecule has 2 aromatic heterocycles. The number of hydrogen-bond acceptors (Lipinski definition) is 5. The minimum atomic E-state index is -0.0711. The molecule has 1 N–H and O–H groups in total. The molecular weight excluding hydrogens is 436 g/mol. The van der Waals surface area contributed by atoms with E-state index in [1.54, 1.807) is 27.8 Å². The molecule has 0 atom stereocenters. The fourth-order valence-electron chi connectivity index (χ4n) is 3.45. The Kier molecular flexibility index (Phi) is 6.40. The van der Waals surface area contributed by atoms with Crippen molar-refractivity contribution in [2.24, 2.45) is 0 Å². The molecule has 7 heteroatoms. The molecule has 1 amide bonds. The van der Waals surface area contributed by atoms with Crippen molar-refractivity contribution in [2.75, 3.05) is 11.1 Å². The van der Waals surface area contributed by atoms with Crippen LogP contribution in [0.4, 0.5) is 5.82 Å². The highest BCUT2D eigenvalue weighted by molar-refractivity contribution is 7.99. The van der Waals surface area contributed by atoms with Crippen molar-refractivity contribution >= 4 is 45.0 Å². The van der Waals surface area contributed by atoms with Gasteiger partial charge in [0.15, 0.2) is 0 Å². The summed E-state index contributed by atoms with van der Waals surface area (Å²) in [7, 11) is 0. The smallest absolute Gasteiger partial charge is 0.229 e. The molecule has 2 heterocycles. The van der Waals surface area contributed by atoms with Gasteiger partial charge in [0.25, 0.3) is 0 Å². The number of carbonyl (C=O) groups excluding carboxylic acids is 1. The number of aromatic nitrogens is 3. The fourth-order valence-corrected chi connectivity index (χ4v) is 5.08. The van der Waals surface area contributed by atoms with E-state index in [4.69, 9.17) is 4.98 Å². The molecule has 0 saturated carbocycles. The number of fused-ring (bicyclic) bond motifs is 1.